The molecule has 1 aromatic carbocycles. The lowest BCUT2D eigenvalue weighted by atomic mass is 10.0. The summed E-state index contributed by atoms with van der Waals surface area (Å²) in [5.74, 6) is 0. The molecule has 1 unspecified atom stereocenters. The largest absolute Gasteiger partial charge is 0.396 e. The second kappa shape index (κ2) is 16.2. The first-order valence-corrected chi connectivity index (χ1v) is 12.8. The number of benzene rings is 1. The molecule has 0 amide bonds. The summed E-state index contributed by atoms with van der Waals surface area (Å²) in [6.45, 7) is 8.88. The van der Waals surface area contributed by atoms with Gasteiger partial charge in [0.2, 0.25) is 0 Å². The van der Waals surface area contributed by atoms with Crippen molar-refractivity contribution >= 4 is 11.6 Å². The van der Waals surface area contributed by atoms with Crippen LogP contribution in [-0.2, 0) is 6.54 Å². The lowest BCUT2D eigenvalue weighted by Crippen LogP contribution is -2.34. The van der Waals surface area contributed by atoms with Crippen LogP contribution in [-0.4, -0.2) is 23.0 Å². The molecular weight excluding hydrogens is 458 g/mol. The summed E-state index contributed by atoms with van der Waals surface area (Å²) in [7, 11) is 0. The van der Waals surface area contributed by atoms with Crippen molar-refractivity contribution in [3.05, 3.63) is 106 Å². The summed E-state index contributed by atoms with van der Waals surface area (Å²) in [6, 6.07) is 7.59. The normalized spacial score (nSPS) is 17.7. The summed E-state index contributed by atoms with van der Waals surface area (Å²) in [5, 5.41) is 30.8. The predicted molar refractivity (Wildman–Crippen MR) is 147 cm³/mol. The van der Waals surface area contributed by atoms with Gasteiger partial charge in [0.15, 0.2) is 0 Å². The molecule has 0 aliphatic carbocycles. The van der Waals surface area contributed by atoms with E-state index in [1.54, 1.807) is 0 Å². The standard InChI is InChI=1S/C29H40ClN3O2/c1-4-7-12-23(6-3)29-27(13-9-8-10-20-34)32-26(25(33-29)11-5-2)18-19-28(35)31-21-22-14-16-24(30)17-15-22/h4,6-7,11-12,14-18,28,31-35H,3,5,8-10,13,19-21H2,1-2H3/b7-4-,23-12+,25-11+,26-18+. The van der Waals surface area contributed by atoms with Crippen LogP contribution < -0.4 is 16.0 Å². The van der Waals surface area contributed by atoms with Gasteiger partial charge in [0.1, 0.15) is 6.23 Å². The maximum absolute atomic E-state index is 10.5. The maximum atomic E-state index is 10.5. The smallest absolute Gasteiger partial charge is 0.108 e. The summed E-state index contributed by atoms with van der Waals surface area (Å²) in [5.41, 5.74) is 6.11. The zero-order chi connectivity index (χ0) is 25.5. The summed E-state index contributed by atoms with van der Waals surface area (Å²) in [4.78, 5) is 0. The van der Waals surface area contributed by atoms with E-state index >= 15 is 0 Å². The number of hydrogen-bond acceptors (Lipinski definition) is 5. The third-order valence-corrected chi connectivity index (χ3v) is 5.86. The Kier molecular flexibility index (Phi) is 13.2. The van der Waals surface area contributed by atoms with E-state index in [2.05, 4.69) is 35.5 Å². The molecule has 190 valence electrons. The zero-order valence-electron chi connectivity index (χ0n) is 21.0. The molecule has 0 radical (unpaired) electrons. The van der Waals surface area contributed by atoms with E-state index in [9.17, 15) is 5.11 Å². The fourth-order valence-corrected chi connectivity index (χ4v) is 3.85. The SMILES string of the molecule is C=C/C(=C\C=C/C)C1=C(CCCCCO)NC(=C/CC(O)NCc2ccc(Cl)cc2)/C(=C\CC)N1. The van der Waals surface area contributed by atoms with Crippen LogP contribution in [0, 0.1) is 0 Å². The summed E-state index contributed by atoms with van der Waals surface area (Å²) in [6.07, 6.45) is 16.3. The van der Waals surface area contributed by atoms with Gasteiger partial charge in [-0.05, 0) is 55.9 Å². The van der Waals surface area contributed by atoms with Gasteiger partial charge in [-0.25, -0.2) is 0 Å². The second-order valence-corrected chi connectivity index (χ2v) is 8.83. The van der Waals surface area contributed by atoms with Crippen LogP contribution in [0.3, 0.4) is 0 Å². The molecule has 5 nitrogen and oxygen atoms in total. The van der Waals surface area contributed by atoms with Crippen LogP contribution in [0.2, 0.25) is 5.02 Å². The highest BCUT2D eigenvalue weighted by atomic mass is 35.5. The number of halogens is 1. The molecule has 1 aliphatic heterocycles. The Balaban J connectivity index is 2.20. The molecule has 0 bridgehead atoms. The van der Waals surface area contributed by atoms with Crippen LogP contribution in [0.25, 0.3) is 0 Å². The van der Waals surface area contributed by atoms with Crippen LogP contribution in [0.1, 0.15) is 57.9 Å². The Morgan fingerprint density at radius 3 is 2.51 bits per heavy atom. The van der Waals surface area contributed by atoms with Gasteiger partial charge >= 0.3 is 0 Å². The lowest BCUT2D eigenvalue weighted by molar-refractivity contribution is 0.138. The molecule has 6 heteroatoms. The zero-order valence-corrected chi connectivity index (χ0v) is 21.7. The van der Waals surface area contributed by atoms with E-state index < -0.39 is 6.23 Å². The predicted octanol–water partition coefficient (Wildman–Crippen LogP) is 5.96. The number of aliphatic hydroxyl groups is 2. The molecule has 0 saturated carbocycles. The molecule has 0 saturated heterocycles. The van der Waals surface area contributed by atoms with Crippen LogP contribution in [0.4, 0.5) is 0 Å². The van der Waals surface area contributed by atoms with E-state index in [-0.39, 0.29) is 6.61 Å². The number of allylic oxidation sites excluding steroid dienone is 6. The highest BCUT2D eigenvalue weighted by Gasteiger charge is 2.20. The molecule has 1 heterocycles. The van der Waals surface area contributed by atoms with Gasteiger partial charge in [-0.3, -0.25) is 5.32 Å². The number of hydrogen-bond donors (Lipinski definition) is 5. The maximum Gasteiger partial charge on any atom is 0.108 e. The van der Waals surface area contributed by atoms with Crippen molar-refractivity contribution in [2.24, 2.45) is 0 Å². The lowest BCUT2D eigenvalue weighted by Gasteiger charge is -2.30. The minimum absolute atomic E-state index is 0.214. The Labute approximate surface area is 215 Å². The Morgan fingerprint density at radius 2 is 1.86 bits per heavy atom. The third kappa shape index (κ3) is 9.90. The van der Waals surface area contributed by atoms with Crippen LogP contribution in [0.5, 0.6) is 0 Å². The monoisotopic (exact) mass is 497 g/mol. The van der Waals surface area contributed by atoms with Gasteiger partial charge in [-0.1, -0.05) is 80.1 Å². The second-order valence-electron chi connectivity index (χ2n) is 8.39. The van der Waals surface area contributed by atoms with E-state index in [0.29, 0.717) is 18.0 Å². The molecule has 0 fully saturated rings. The highest BCUT2D eigenvalue weighted by Crippen LogP contribution is 2.26. The minimum atomic E-state index is -0.681. The first-order valence-electron chi connectivity index (χ1n) is 12.4. The Morgan fingerprint density at radius 1 is 1.11 bits per heavy atom. The van der Waals surface area contributed by atoms with Gasteiger partial charge in [0.05, 0.1) is 17.1 Å². The number of rotatable bonds is 14. The third-order valence-electron chi connectivity index (χ3n) is 5.61. The van der Waals surface area contributed by atoms with Crippen molar-refractivity contribution < 1.29 is 10.2 Å². The van der Waals surface area contributed by atoms with Crippen molar-refractivity contribution in [2.75, 3.05) is 6.61 Å². The van der Waals surface area contributed by atoms with Crippen molar-refractivity contribution in [3.63, 3.8) is 0 Å². The van der Waals surface area contributed by atoms with E-state index in [0.717, 1.165) is 66.0 Å². The van der Waals surface area contributed by atoms with Gasteiger partial charge < -0.3 is 20.8 Å². The van der Waals surface area contributed by atoms with Gasteiger partial charge in [0.25, 0.3) is 0 Å². The quantitative estimate of drug-likeness (QED) is 0.124. The van der Waals surface area contributed by atoms with Crippen LogP contribution >= 0.6 is 11.6 Å². The topological polar surface area (TPSA) is 76.5 Å². The minimum Gasteiger partial charge on any atom is -0.396 e. The fraction of sp³-hybridized carbons (Fsp3) is 0.379. The van der Waals surface area contributed by atoms with Crippen molar-refractivity contribution in [1.82, 2.24) is 16.0 Å². The molecule has 35 heavy (non-hydrogen) atoms. The summed E-state index contributed by atoms with van der Waals surface area (Å²) >= 11 is 5.95. The fourth-order valence-electron chi connectivity index (χ4n) is 3.72. The van der Waals surface area contributed by atoms with Gasteiger partial charge in [-0.2, -0.15) is 0 Å². The van der Waals surface area contributed by atoms with Crippen molar-refractivity contribution in [3.8, 4) is 0 Å². The molecule has 0 aromatic heterocycles. The molecule has 1 atom stereocenters. The average Bonchev–Trinajstić information content (AvgIpc) is 2.86. The molecule has 5 N–H and O–H groups in total. The van der Waals surface area contributed by atoms with E-state index in [4.69, 9.17) is 16.7 Å². The van der Waals surface area contributed by atoms with Gasteiger partial charge in [-0.15, -0.1) is 0 Å². The van der Waals surface area contributed by atoms with E-state index in [1.807, 2.05) is 61.6 Å². The first kappa shape index (κ1) is 28.7. The van der Waals surface area contributed by atoms with Crippen molar-refractivity contribution in [1.29, 1.82) is 0 Å². The average molecular weight is 498 g/mol. The molecule has 1 aromatic rings. The number of aliphatic hydroxyl groups excluding tert-OH is 2. The molecule has 2 rings (SSSR count). The van der Waals surface area contributed by atoms with Crippen LogP contribution in [0.15, 0.2) is 95.7 Å². The van der Waals surface area contributed by atoms with E-state index in [1.165, 1.54) is 0 Å². The molecule has 1 aliphatic rings. The summed E-state index contributed by atoms with van der Waals surface area (Å²) < 4.78 is 0. The van der Waals surface area contributed by atoms with Gasteiger partial charge in [0, 0.05) is 30.3 Å². The molecule has 0 spiro atoms. The van der Waals surface area contributed by atoms with Crippen molar-refractivity contribution in [2.45, 2.75) is 65.1 Å². The molecular formula is C29H40ClN3O2. The Hall–Kier alpha value is -2.57. The number of nitrogens with one attached hydrogen (secondary N) is 3. The Bertz CT molecular complexity index is 959. The number of unbranched alkanes of at least 4 members (excludes halogenated alkanes) is 2. The first-order chi connectivity index (χ1) is 17.0. The highest BCUT2D eigenvalue weighted by molar-refractivity contribution is 6.30.